The van der Waals surface area contributed by atoms with E-state index in [-0.39, 0.29) is 17.7 Å². The SMILES string of the molecule is O=C(Cn1c2ccccc2c(=O)c2ccc(Cl)cc21)Nc1ccccc1F. The van der Waals surface area contributed by atoms with Gasteiger partial charge in [0, 0.05) is 15.8 Å². The Kier molecular flexibility index (Phi) is 4.38. The number of amides is 1. The quantitative estimate of drug-likeness (QED) is 0.529. The van der Waals surface area contributed by atoms with Gasteiger partial charge in [-0.2, -0.15) is 0 Å². The first-order valence-corrected chi connectivity index (χ1v) is 8.67. The average Bonchev–Trinajstić information content (AvgIpc) is 2.67. The molecule has 1 heterocycles. The number of halogens is 2. The van der Waals surface area contributed by atoms with Gasteiger partial charge in [0.2, 0.25) is 5.91 Å². The molecule has 0 aliphatic rings. The topological polar surface area (TPSA) is 51.1 Å². The summed E-state index contributed by atoms with van der Waals surface area (Å²) in [6.45, 7) is -0.0913. The molecule has 0 aliphatic heterocycles. The van der Waals surface area contributed by atoms with Crippen LogP contribution in [0.3, 0.4) is 0 Å². The maximum absolute atomic E-state index is 13.8. The fraction of sp³-hybridized carbons (Fsp3) is 0.0476. The molecule has 6 heteroatoms. The molecule has 1 aromatic heterocycles. The number of nitrogens with zero attached hydrogens (tertiary/aromatic N) is 1. The van der Waals surface area contributed by atoms with Gasteiger partial charge >= 0.3 is 0 Å². The number of pyridine rings is 1. The van der Waals surface area contributed by atoms with E-state index in [1.165, 1.54) is 12.1 Å². The van der Waals surface area contributed by atoms with Crippen LogP contribution in [0.25, 0.3) is 21.8 Å². The van der Waals surface area contributed by atoms with Crippen molar-refractivity contribution in [3.05, 3.63) is 87.8 Å². The number of hydrogen-bond donors (Lipinski definition) is 1. The highest BCUT2D eigenvalue weighted by molar-refractivity contribution is 6.31. The first-order chi connectivity index (χ1) is 13.0. The summed E-state index contributed by atoms with van der Waals surface area (Å²) in [5, 5.41) is 4.00. The van der Waals surface area contributed by atoms with E-state index in [1.54, 1.807) is 59.2 Å². The van der Waals surface area contributed by atoms with Crippen LogP contribution >= 0.6 is 11.6 Å². The Morgan fingerprint density at radius 1 is 0.963 bits per heavy atom. The molecule has 134 valence electrons. The van der Waals surface area contributed by atoms with Crippen molar-refractivity contribution in [2.75, 3.05) is 5.32 Å². The van der Waals surface area contributed by atoms with E-state index >= 15 is 0 Å². The number of anilines is 1. The summed E-state index contributed by atoms with van der Waals surface area (Å²) >= 11 is 6.12. The smallest absolute Gasteiger partial charge is 0.244 e. The van der Waals surface area contributed by atoms with E-state index in [0.717, 1.165) is 0 Å². The Labute approximate surface area is 158 Å². The summed E-state index contributed by atoms with van der Waals surface area (Å²) in [4.78, 5) is 25.3. The van der Waals surface area contributed by atoms with E-state index in [9.17, 15) is 14.0 Å². The third-order valence-electron chi connectivity index (χ3n) is 4.38. The first-order valence-electron chi connectivity index (χ1n) is 8.30. The van der Waals surface area contributed by atoms with Crippen molar-refractivity contribution in [3.63, 3.8) is 0 Å². The minimum absolute atomic E-state index is 0.0913. The minimum atomic E-state index is -0.511. The van der Waals surface area contributed by atoms with Gasteiger partial charge in [0.25, 0.3) is 0 Å². The normalized spacial score (nSPS) is 11.0. The van der Waals surface area contributed by atoms with Crippen LogP contribution in [-0.4, -0.2) is 10.5 Å². The molecule has 4 rings (SSSR count). The van der Waals surface area contributed by atoms with E-state index in [2.05, 4.69) is 5.32 Å². The maximum Gasteiger partial charge on any atom is 0.244 e. The van der Waals surface area contributed by atoms with E-state index in [4.69, 9.17) is 11.6 Å². The van der Waals surface area contributed by atoms with Gasteiger partial charge in [-0.15, -0.1) is 0 Å². The molecule has 1 N–H and O–H groups in total. The molecule has 27 heavy (non-hydrogen) atoms. The van der Waals surface area contributed by atoms with Crippen molar-refractivity contribution < 1.29 is 9.18 Å². The van der Waals surface area contributed by atoms with Gasteiger partial charge < -0.3 is 9.88 Å². The standard InChI is InChI=1S/C21H14ClFN2O2/c22-13-9-10-15-19(11-13)25(18-8-4-1-5-14(18)21(15)27)12-20(26)24-17-7-3-2-6-16(17)23/h1-11H,12H2,(H,24,26). The van der Waals surface area contributed by atoms with E-state index in [0.29, 0.717) is 26.8 Å². The molecule has 0 saturated carbocycles. The molecule has 0 fully saturated rings. The molecule has 0 bridgehead atoms. The first kappa shape index (κ1) is 17.2. The number of benzene rings is 3. The largest absolute Gasteiger partial charge is 0.331 e. The molecule has 0 aliphatic carbocycles. The number of nitrogens with one attached hydrogen (secondary N) is 1. The van der Waals surface area contributed by atoms with Crippen LogP contribution in [-0.2, 0) is 11.3 Å². The van der Waals surface area contributed by atoms with Crippen molar-refractivity contribution in [2.24, 2.45) is 0 Å². The minimum Gasteiger partial charge on any atom is -0.331 e. The molecule has 0 atom stereocenters. The van der Waals surface area contributed by atoms with Crippen LogP contribution in [0.5, 0.6) is 0 Å². The van der Waals surface area contributed by atoms with Crippen LogP contribution in [0.15, 0.2) is 71.5 Å². The van der Waals surface area contributed by atoms with Gasteiger partial charge in [-0.1, -0.05) is 35.9 Å². The summed E-state index contributed by atoms with van der Waals surface area (Å²) in [6, 6.07) is 18.0. The lowest BCUT2D eigenvalue weighted by Crippen LogP contribution is -2.22. The molecule has 1 amide bonds. The Bertz CT molecular complexity index is 1250. The molecule has 0 saturated heterocycles. The zero-order chi connectivity index (χ0) is 19.0. The monoisotopic (exact) mass is 380 g/mol. The van der Waals surface area contributed by atoms with Gasteiger partial charge in [-0.25, -0.2) is 4.39 Å². The molecule has 0 radical (unpaired) electrons. The van der Waals surface area contributed by atoms with Crippen LogP contribution in [0, 0.1) is 5.82 Å². The van der Waals surface area contributed by atoms with Crippen LogP contribution in [0.1, 0.15) is 0 Å². The predicted molar refractivity (Wildman–Crippen MR) is 106 cm³/mol. The molecule has 4 nitrogen and oxygen atoms in total. The van der Waals surface area contributed by atoms with Crippen LogP contribution in [0.2, 0.25) is 5.02 Å². The Balaban J connectivity index is 1.85. The lowest BCUT2D eigenvalue weighted by Gasteiger charge is -2.15. The number of fused-ring (bicyclic) bond motifs is 2. The summed E-state index contributed by atoms with van der Waals surface area (Å²) in [5.74, 6) is -0.918. The van der Waals surface area contributed by atoms with Gasteiger partial charge in [0.05, 0.1) is 16.7 Å². The second-order valence-electron chi connectivity index (χ2n) is 6.12. The van der Waals surface area contributed by atoms with Crippen LogP contribution < -0.4 is 10.7 Å². The van der Waals surface area contributed by atoms with Crippen LogP contribution in [0.4, 0.5) is 10.1 Å². The lowest BCUT2D eigenvalue weighted by atomic mass is 10.1. The molecule has 4 aromatic rings. The Hall–Kier alpha value is -3.18. The molecule has 3 aromatic carbocycles. The van der Waals surface area contributed by atoms with E-state index < -0.39 is 11.7 Å². The van der Waals surface area contributed by atoms with Crippen molar-refractivity contribution in [1.29, 1.82) is 0 Å². The third kappa shape index (κ3) is 3.17. The zero-order valence-corrected chi connectivity index (χ0v) is 14.8. The highest BCUT2D eigenvalue weighted by atomic mass is 35.5. The fourth-order valence-corrected chi connectivity index (χ4v) is 3.33. The second-order valence-corrected chi connectivity index (χ2v) is 6.56. The van der Waals surface area contributed by atoms with Gasteiger partial charge in [0.15, 0.2) is 5.43 Å². The summed E-state index contributed by atoms with van der Waals surface area (Å²) in [6.07, 6.45) is 0. The van der Waals surface area contributed by atoms with Crippen molar-refractivity contribution in [2.45, 2.75) is 6.54 Å². The number of hydrogen-bond acceptors (Lipinski definition) is 2. The highest BCUT2D eigenvalue weighted by Crippen LogP contribution is 2.23. The molecule has 0 unspecified atom stereocenters. The van der Waals surface area contributed by atoms with Crippen molar-refractivity contribution >= 4 is 45.0 Å². The molecular formula is C21H14ClFN2O2. The average molecular weight is 381 g/mol. The summed E-state index contributed by atoms with van der Waals surface area (Å²) < 4.78 is 15.5. The number of rotatable bonds is 3. The highest BCUT2D eigenvalue weighted by Gasteiger charge is 2.14. The summed E-state index contributed by atoms with van der Waals surface area (Å²) in [7, 11) is 0. The predicted octanol–water partition coefficient (Wildman–Crippen LogP) is 4.59. The van der Waals surface area contributed by atoms with Crippen molar-refractivity contribution in [1.82, 2.24) is 4.57 Å². The van der Waals surface area contributed by atoms with Gasteiger partial charge in [0.1, 0.15) is 12.4 Å². The number of carbonyl (C=O) groups excluding carboxylic acids is 1. The molecular weight excluding hydrogens is 367 g/mol. The third-order valence-corrected chi connectivity index (χ3v) is 4.62. The number of aromatic nitrogens is 1. The number of para-hydroxylation sites is 2. The van der Waals surface area contributed by atoms with Crippen molar-refractivity contribution in [3.8, 4) is 0 Å². The van der Waals surface area contributed by atoms with E-state index in [1.807, 2.05) is 0 Å². The Morgan fingerprint density at radius 3 is 2.48 bits per heavy atom. The Morgan fingerprint density at radius 2 is 1.67 bits per heavy atom. The lowest BCUT2D eigenvalue weighted by molar-refractivity contribution is -0.116. The fourth-order valence-electron chi connectivity index (χ4n) is 3.16. The van der Waals surface area contributed by atoms with Gasteiger partial charge in [-0.3, -0.25) is 9.59 Å². The second kappa shape index (κ2) is 6.85. The zero-order valence-electron chi connectivity index (χ0n) is 14.1. The molecule has 0 spiro atoms. The number of carbonyl (C=O) groups is 1. The maximum atomic E-state index is 13.8. The summed E-state index contributed by atoms with van der Waals surface area (Å²) in [5.41, 5.74) is 1.15. The van der Waals surface area contributed by atoms with Gasteiger partial charge in [-0.05, 0) is 42.5 Å².